The van der Waals surface area contributed by atoms with E-state index in [4.69, 9.17) is 0 Å². The van der Waals surface area contributed by atoms with Crippen LogP contribution in [0.4, 0.5) is 0 Å². The van der Waals surface area contributed by atoms with Crippen molar-refractivity contribution < 1.29 is 14.7 Å². The molecule has 0 bridgehead atoms. The summed E-state index contributed by atoms with van der Waals surface area (Å²) >= 11 is 0. The lowest BCUT2D eigenvalue weighted by Gasteiger charge is -2.55. The molecular weight excluding hydrogens is 312 g/mol. The van der Waals surface area contributed by atoms with Gasteiger partial charge in [0.1, 0.15) is 5.60 Å². The second kappa shape index (κ2) is 5.03. The number of hydrogen-bond acceptors (Lipinski definition) is 3. The Morgan fingerprint density at radius 1 is 1.28 bits per heavy atom. The summed E-state index contributed by atoms with van der Waals surface area (Å²) in [5.41, 5.74) is 0.868. The number of carbonyl (C=O) groups excluding carboxylic acids is 2. The Morgan fingerprint density at radius 2 is 2.00 bits per heavy atom. The molecule has 4 aliphatic carbocycles. The van der Waals surface area contributed by atoms with E-state index in [1.54, 1.807) is 6.08 Å². The second-order valence-electron chi connectivity index (χ2n) is 9.12. The topological polar surface area (TPSA) is 54.4 Å². The van der Waals surface area contributed by atoms with E-state index in [0.717, 1.165) is 19.3 Å². The maximum Gasteiger partial charge on any atom is 0.178 e. The van der Waals surface area contributed by atoms with Crippen LogP contribution < -0.4 is 0 Å². The Kier molecular flexibility index (Phi) is 3.41. The summed E-state index contributed by atoms with van der Waals surface area (Å²) < 4.78 is 0. The maximum atomic E-state index is 12.3. The highest BCUT2D eigenvalue weighted by Crippen LogP contribution is 2.65. The second-order valence-corrected chi connectivity index (χ2v) is 9.12. The molecule has 4 aliphatic rings. The smallest absolute Gasteiger partial charge is 0.178 e. The van der Waals surface area contributed by atoms with Gasteiger partial charge in [-0.1, -0.05) is 31.6 Å². The van der Waals surface area contributed by atoms with E-state index in [9.17, 15) is 14.7 Å². The van der Waals surface area contributed by atoms with Gasteiger partial charge in [0.05, 0.1) is 0 Å². The van der Waals surface area contributed by atoms with Gasteiger partial charge >= 0.3 is 0 Å². The van der Waals surface area contributed by atoms with Crippen LogP contribution in [0.5, 0.6) is 0 Å². The fraction of sp³-hybridized carbons (Fsp3) is 0.636. The quantitative estimate of drug-likeness (QED) is 0.739. The van der Waals surface area contributed by atoms with E-state index >= 15 is 0 Å². The zero-order valence-corrected chi connectivity index (χ0v) is 15.6. The average molecular weight is 340 g/mol. The molecule has 3 nitrogen and oxygen atoms in total. The van der Waals surface area contributed by atoms with Gasteiger partial charge in [0.2, 0.25) is 0 Å². The van der Waals surface area contributed by atoms with E-state index in [1.165, 1.54) is 18.1 Å². The monoisotopic (exact) mass is 340 g/mol. The number of hydrogen-bond donors (Lipinski definition) is 1. The van der Waals surface area contributed by atoms with Crippen LogP contribution in [0.2, 0.25) is 0 Å². The Bertz CT molecular complexity index is 757. The molecule has 2 fully saturated rings. The lowest BCUT2D eigenvalue weighted by Crippen LogP contribution is -2.54. The van der Waals surface area contributed by atoms with Gasteiger partial charge in [-0.25, -0.2) is 0 Å². The van der Waals surface area contributed by atoms with Gasteiger partial charge in [0.15, 0.2) is 11.6 Å². The van der Waals surface area contributed by atoms with Crippen molar-refractivity contribution in [1.29, 1.82) is 0 Å². The van der Waals surface area contributed by atoms with Gasteiger partial charge in [0.25, 0.3) is 0 Å². The van der Waals surface area contributed by atoms with Crippen molar-refractivity contribution in [2.75, 3.05) is 0 Å². The summed E-state index contributed by atoms with van der Waals surface area (Å²) in [7, 11) is 0. The predicted molar refractivity (Wildman–Crippen MR) is 96.8 cm³/mol. The minimum atomic E-state index is -1.20. The third-order valence-corrected chi connectivity index (χ3v) is 8.01. The molecule has 0 aromatic carbocycles. The van der Waals surface area contributed by atoms with Gasteiger partial charge in [-0.3, -0.25) is 9.59 Å². The minimum Gasteiger partial charge on any atom is -0.381 e. The van der Waals surface area contributed by atoms with Crippen LogP contribution >= 0.6 is 0 Å². The first-order valence-corrected chi connectivity index (χ1v) is 9.53. The Morgan fingerprint density at radius 3 is 2.68 bits per heavy atom. The van der Waals surface area contributed by atoms with Crippen LogP contribution in [0.25, 0.3) is 0 Å². The standard InChI is InChI=1S/C22H28O3/c1-13-11-16-17(20(3)8-5-15(24)12-19(13)20)6-9-21(4)18(16)7-10-22(21,25)14(2)23/h5-6,8,12-13,16,18,25H,7,9-11H2,1-4H3/t13-,16+,18-,20+,21-,22-/m0/s1. The molecule has 0 unspecified atom stereocenters. The maximum absolute atomic E-state index is 12.3. The van der Waals surface area contributed by atoms with Crippen LogP contribution in [-0.2, 0) is 9.59 Å². The molecule has 1 N–H and O–H groups in total. The molecule has 0 spiro atoms. The number of fused-ring (bicyclic) bond motifs is 5. The summed E-state index contributed by atoms with van der Waals surface area (Å²) in [5.74, 6) is 1.05. The third-order valence-electron chi connectivity index (χ3n) is 8.01. The molecular formula is C22H28O3. The van der Waals surface area contributed by atoms with E-state index in [-0.39, 0.29) is 22.4 Å². The normalized spacial score (nSPS) is 48.2. The van der Waals surface area contributed by atoms with E-state index in [1.807, 2.05) is 6.08 Å². The van der Waals surface area contributed by atoms with E-state index in [0.29, 0.717) is 24.2 Å². The molecule has 134 valence electrons. The molecule has 0 aliphatic heterocycles. The summed E-state index contributed by atoms with van der Waals surface area (Å²) in [6.07, 6.45) is 11.1. The van der Waals surface area contributed by atoms with Crippen molar-refractivity contribution in [3.63, 3.8) is 0 Å². The van der Waals surface area contributed by atoms with Crippen molar-refractivity contribution in [2.45, 2.75) is 59.0 Å². The first-order chi connectivity index (χ1) is 11.6. The molecule has 0 amide bonds. The van der Waals surface area contributed by atoms with Crippen LogP contribution in [0.15, 0.2) is 35.5 Å². The van der Waals surface area contributed by atoms with Gasteiger partial charge in [-0.05, 0) is 75.0 Å². The lowest BCUT2D eigenvalue weighted by atomic mass is 9.50. The van der Waals surface area contributed by atoms with Gasteiger partial charge in [-0.2, -0.15) is 0 Å². The minimum absolute atomic E-state index is 0.0887. The summed E-state index contributed by atoms with van der Waals surface area (Å²) in [6.45, 7) is 8.09. The van der Waals surface area contributed by atoms with Crippen LogP contribution in [0, 0.1) is 28.6 Å². The zero-order chi connectivity index (χ0) is 18.2. The number of Topliss-reactive ketones (excluding diaryl/α,β-unsaturated/α-hetero) is 1. The summed E-state index contributed by atoms with van der Waals surface area (Å²) in [4.78, 5) is 24.2. The van der Waals surface area contributed by atoms with Crippen LogP contribution in [0.1, 0.15) is 53.4 Å². The van der Waals surface area contributed by atoms with E-state index in [2.05, 4.69) is 32.9 Å². The molecule has 3 heteroatoms. The number of allylic oxidation sites excluding steroid dienone is 6. The number of ketones is 2. The van der Waals surface area contributed by atoms with Gasteiger partial charge < -0.3 is 5.11 Å². The highest BCUT2D eigenvalue weighted by atomic mass is 16.3. The van der Waals surface area contributed by atoms with Crippen LogP contribution in [0.3, 0.4) is 0 Å². The Labute approximate surface area is 149 Å². The molecule has 0 aromatic heterocycles. The lowest BCUT2D eigenvalue weighted by molar-refractivity contribution is -0.150. The Balaban J connectivity index is 1.82. The first-order valence-electron chi connectivity index (χ1n) is 9.53. The molecule has 25 heavy (non-hydrogen) atoms. The number of rotatable bonds is 1. The van der Waals surface area contributed by atoms with Crippen LogP contribution in [-0.4, -0.2) is 22.3 Å². The first kappa shape index (κ1) is 17.0. The zero-order valence-electron chi connectivity index (χ0n) is 15.6. The van der Waals surface area contributed by atoms with Gasteiger partial charge in [0, 0.05) is 10.8 Å². The molecule has 0 saturated heterocycles. The van der Waals surface area contributed by atoms with Crippen molar-refractivity contribution in [2.24, 2.45) is 28.6 Å². The highest BCUT2D eigenvalue weighted by Gasteiger charge is 2.63. The molecule has 4 rings (SSSR count). The Hall–Kier alpha value is -1.48. The van der Waals surface area contributed by atoms with Crippen molar-refractivity contribution in [3.8, 4) is 0 Å². The highest BCUT2D eigenvalue weighted by molar-refractivity contribution is 6.01. The molecule has 0 radical (unpaired) electrons. The number of aliphatic hydroxyl groups is 1. The SMILES string of the molecule is CC(=O)[C@@]1(O)CC[C@H]2[C@@H]3C[C@H](C)C4=CC(=O)C=C[C@]4(C)C3=CC[C@@]21C. The predicted octanol–water partition coefficient (Wildman–Crippen LogP) is 3.78. The van der Waals surface area contributed by atoms with Gasteiger partial charge in [-0.15, -0.1) is 0 Å². The number of carbonyl (C=O) groups is 2. The average Bonchev–Trinajstić information content (AvgIpc) is 2.83. The molecule has 2 saturated carbocycles. The van der Waals surface area contributed by atoms with Crippen molar-refractivity contribution in [1.82, 2.24) is 0 Å². The fourth-order valence-electron chi connectivity index (χ4n) is 6.52. The van der Waals surface area contributed by atoms with E-state index < -0.39 is 5.60 Å². The third kappa shape index (κ3) is 1.96. The van der Waals surface area contributed by atoms with Crippen molar-refractivity contribution in [3.05, 3.63) is 35.5 Å². The summed E-state index contributed by atoms with van der Waals surface area (Å²) in [5, 5.41) is 11.2. The summed E-state index contributed by atoms with van der Waals surface area (Å²) in [6, 6.07) is 0. The fourth-order valence-corrected chi connectivity index (χ4v) is 6.52. The molecule has 0 aromatic rings. The largest absolute Gasteiger partial charge is 0.381 e. The van der Waals surface area contributed by atoms with Crippen molar-refractivity contribution >= 4 is 11.6 Å². The molecule has 0 heterocycles. The molecule has 6 atom stereocenters.